The van der Waals surface area contributed by atoms with Crippen LogP contribution in [0.25, 0.3) is 0 Å². The monoisotopic (exact) mass is 234 g/mol. The van der Waals surface area contributed by atoms with Crippen LogP contribution in [0.2, 0.25) is 0 Å². The molecule has 0 bridgehead atoms. The lowest BCUT2D eigenvalue weighted by Crippen LogP contribution is -2.01. The Balaban J connectivity index is 0. The second kappa shape index (κ2) is 13.0. The van der Waals surface area contributed by atoms with E-state index in [1.807, 2.05) is 20.8 Å². The van der Waals surface area contributed by atoms with Gasteiger partial charge in [-0.15, -0.1) is 13.2 Å². The van der Waals surface area contributed by atoms with Gasteiger partial charge in [0.15, 0.2) is 0 Å². The van der Waals surface area contributed by atoms with Gasteiger partial charge in [0.1, 0.15) is 0 Å². The Hall–Kier alpha value is -1.04. The molecule has 1 aliphatic rings. The Kier molecular flexibility index (Phi) is 14.0. The summed E-state index contributed by atoms with van der Waals surface area (Å²) in [6, 6.07) is 0. The lowest BCUT2D eigenvalue weighted by Gasteiger charge is -2.16. The molecule has 1 saturated carbocycles. The highest BCUT2D eigenvalue weighted by Crippen LogP contribution is 2.23. The fourth-order valence-electron chi connectivity index (χ4n) is 1.37. The van der Waals surface area contributed by atoms with Crippen LogP contribution in [0.1, 0.15) is 52.9 Å². The lowest BCUT2D eigenvalue weighted by molar-refractivity contribution is 0.420. The zero-order valence-electron chi connectivity index (χ0n) is 12.1. The molecule has 0 nitrogen and oxygen atoms in total. The molecule has 0 radical (unpaired) electrons. The van der Waals surface area contributed by atoms with Crippen LogP contribution < -0.4 is 0 Å². The molecular weight excluding hydrogens is 204 g/mol. The van der Waals surface area contributed by atoms with Crippen molar-refractivity contribution in [3.8, 4) is 0 Å². The van der Waals surface area contributed by atoms with Crippen molar-refractivity contribution >= 4 is 0 Å². The number of allylic oxidation sites excluding steroid dienone is 4. The molecule has 0 heterocycles. The van der Waals surface area contributed by atoms with E-state index in [0.29, 0.717) is 0 Å². The third-order valence-corrected chi connectivity index (χ3v) is 2.33. The maximum absolute atomic E-state index is 3.78. The van der Waals surface area contributed by atoms with Crippen molar-refractivity contribution in [1.29, 1.82) is 0 Å². The van der Waals surface area contributed by atoms with Crippen LogP contribution in [0.3, 0.4) is 0 Å². The molecule has 0 saturated heterocycles. The molecule has 0 spiro atoms. The minimum absolute atomic E-state index is 0.851. The van der Waals surface area contributed by atoms with Gasteiger partial charge in [-0.2, -0.15) is 0 Å². The van der Waals surface area contributed by atoms with Crippen LogP contribution in [-0.4, -0.2) is 0 Å². The van der Waals surface area contributed by atoms with E-state index in [0.717, 1.165) is 11.5 Å². The van der Waals surface area contributed by atoms with Crippen molar-refractivity contribution in [2.24, 2.45) is 5.92 Å². The molecule has 0 aromatic heterocycles. The Bertz CT molecular complexity index is 222. The van der Waals surface area contributed by atoms with Gasteiger partial charge in [0.2, 0.25) is 0 Å². The largest absolute Gasteiger partial charge is 0.103 e. The van der Waals surface area contributed by atoms with Gasteiger partial charge in [-0.1, -0.05) is 55.7 Å². The quantitative estimate of drug-likeness (QED) is 0.401. The summed E-state index contributed by atoms with van der Waals surface area (Å²) in [5.41, 5.74) is 2.19. The van der Waals surface area contributed by atoms with Gasteiger partial charge in [0.05, 0.1) is 0 Å². The molecule has 1 rings (SSSR count). The zero-order valence-corrected chi connectivity index (χ0v) is 12.1. The summed E-state index contributed by atoms with van der Waals surface area (Å²) in [6.07, 6.45) is 10.9. The first-order valence-electron chi connectivity index (χ1n) is 6.46. The highest BCUT2D eigenvalue weighted by atomic mass is 14.1. The summed E-state index contributed by atoms with van der Waals surface area (Å²) in [7, 11) is 0. The van der Waals surface area contributed by atoms with Gasteiger partial charge in [-0.3, -0.25) is 0 Å². The second-order valence-corrected chi connectivity index (χ2v) is 4.89. The summed E-state index contributed by atoms with van der Waals surface area (Å²) >= 11 is 0. The maximum Gasteiger partial charge on any atom is -0.0236 e. The van der Waals surface area contributed by atoms with Crippen LogP contribution >= 0.6 is 0 Å². The molecule has 17 heavy (non-hydrogen) atoms. The predicted octanol–water partition coefficient (Wildman–Crippen LogP) is 6.08. The van der Waals surface area contributed by atoms with Gasteiger partial charge in [-0.05, 0) is 39.5 Å². The molecular formula is C17H30. The maximum atomic E-state index is 3.78. The number of hydrogen-bond donors (Lipinski definition) is 0. The fourth-order valence-corrected chi connectivity index (χ4v) is 1.37. The van der Waals surface area contributed by atoms with Crippen molar-refractivity contribution in [3.05, 3.63) is 49.6 Å². The predicted molar refractivity (Wildman–Crippen MR) is 82.3 cm³/mol. The van der Waals surface area contributed by atoms with Crippen molar-refractivity contribution in [2.75, 3.05) is 0 Å². The van der Waals surface area contributed by atoms with Crippen molar-refractivity contribution < 1.29 is 0 Å². The zero-order chi connectivity index (χ0) is 13.7. The first-order valence-corrected chi connectivity index (χ1v) is 6.46. The average molecular weight is 234 g/mol. The SMILES string of the molecule is C=C(C)C.C=CC(=C)C.C=CC1CCCCC1. The minimum Gasteiger partial charge on any atom is -0.103 e. The molecule has 1 fully saturated rings. The first-order chi connectivity index (χ1) is 7.93. The fraction of sp³-hybridized carbons (Fsp3) is 0.529. The van der Waals surface area contributed by atoms with Gasteiger partial charge in [-0.25, -0.2) is 0 Å². The van der Waals surface area contributed by atoms with Crippen LogP contribution in [0.5, 0.6) is 0 Å². The highest BCUT2D eigenvalue weighted by molar-refractivity contribution is 5.05. The van der Waals surface area contributed by atoms with Crippen LogP contribution in [0, 0.1) is 5.92 Å². The van der Waals surface area contributed by atoms with E-state index in [4.69, 9.17) is 0 Å². The van der Waals surface area contributed by atoms with Gasteiger partial charge >= 0.3 is 0 Å². The summed E-state index contributed by atoms with van der Waals surface area (Å²) in [5, 5.41) is 0. The van der Waals surface area contributed by atoms with E-state index in [1.54, 1.807) is 6.08 Å². The highest BCUT2D eigenvalue weighted by Gasteiger charge is 2.07. The molecule has 0 aromatic carbocycles. The molecule has 0 N–H and O–H groups in total. The standard InChI is InChI=1S/C8H14.C5H8.C4H8/c1-2-8-6-4-3-5-7-8;1-4-5(2)3;1-4(2)3/h2,8H,1,3-7H2;4H,1-2H2,3H3;1H2,2-3H3. The minimum atomic E-state index is 0.851. The summed E-state index contributed by atoms with van der Waals surface area (Å²) < 4.78 is 0. The van der Waals surface area contributed by atoms with Crippen LogP contribution in [0.15, 0.2) is 49.6 Å². The normalized spacial score (nSPS) is 14.3. The van der Waals surface area contributed by atoms with Crippen molar-refractivity contribution in [3.63, 3.8) is 0 Å². The molecule has 0 atom stereocenters. The average Bonchev–Trinajstić information content (AvgIpc) is 2.30. The first kappa shape index (κ1) is 18.3. The Morgan fingerprint density at radius 1 is 0.941 bits per heavy atom. The van der Waals surface area contributed by atoms with E-state index in [1.165, 1.54) is 37.7 Å². The molecule has 98 valence electrons. The Morgan fingerprint density at radius 3 is 1.47 bits per heavy atom. The topological polar surface area (TPSA) is 0 Å². The number of rotatable bonds is 2. The molecule has 0 aromatic rings. The molecule has 0 aliphatic heterocycles. The van der Waals surface area contributed by atoms with Gasteiger partial charge < -0.3 is 0 Å². The number of hydrogen-bond acceptors (Lipinski definition) is 0. The molecule has 0 heteroatoms. The summed E-state index contributed by atoms with van der Waals surface area (Å²) in [6.45, 7) is 20.2. The molecule has 0 unspecified atom stereocenters. The smallest absolute Gasteiger partial charge is 0.0236 e. The van der Waals surface area contributed by atoms with Crippen LogP contribution in [0.4, 0.5) is 0 Å². The van der Waals surface area contributed by atoms with E-state index in [-0.39, 0.29) is 0 Å². The Labute approximate surface area is 109 Å². The summed E-state index contributed by atoms with van der Waals surface area (Å²) in [5.74, 6) is 0.851. The van der Waals surface area contributed by atoms with E-state index < -0.39 is 0 Å². The van der Waals surface area contributed by atoms with Crippen molar-refractivity contribution in [1.82, 2.24) is 0 Å². The molecule has 0 amide bonds. The van der Waals surface area contributed by atoms with Gasteiger partial charge in [0, 0.05) is 0 Å². The third-order valence-electron chi connectivity index (χ3n) is 2.33. The summed E-state index contributed by atoms with van der Waals surface area (Å²) in [4.78, 5) is 0. The van der Waals surface area contributed by atoms with Crippen molar-refractivity contribution in [2.45, 2.75) is 52.9 Å². The van der Waals surface area contributed by atoms with E-state index in [9.17, 15) is 0 Å². The Morgan fingerprint density at radius 2 is 1.29 bits per heavy atom. The molecule has 1 aliphatic carbocycles. The lowest BCUT2D eigenvalue weighted by atomic mass is 9.90. The second-order valence-electron chi connectivity index (χ2n) is 4.89. The van der Waals surface area contributed by atoms with Crippen LogP contribution in [-0.2, 0) is 0 Å². The van der Waals surface area contributed by atoms with E-state index >= 15 is 0 Å². The third kappa shape index (κ3) is 20.9. The van der Waals surface area contributed by atoms with E-state index in [2.05, 4.69) is 32.4 Å². The van der Waals surface area contributed by atoms with Gasteiger partial charge in [0.25, 0.3) is 0 Å².